The van der Waals surface area contributed by atoms with E-state index in [1.807, 2.05) is 0 Å². The molecule has 0 radical (unpaired) electrons. The Morgan fingerprint density at radius 1 is 1.16 bits per heavy atom. The highest BCUT2D eigenvalue weighted by Crippen LogP contribution is 2.42. The molecule has 174 valence electrons. The van der Waals surface area contributed by atoms with Gasteiger partial charge >= 0.3 is 0 Å². The van der Waals surface area contributed by atoms with Crippen LogP contribution in [0.1, 0.15) is 31.1 Å². The molecule has 0 aromatic heterocycles. The minimum Gasteiger partial charge on any atom is -0.496 e. The molecule has 1 aliphatic rings. The van der Waals surface area contributed by atoms with Crippen molar-refractivity contribution in [3.05, 3.63) is 51.6 Å². The summed E-state index contributed by atoms with van der Waals surface area (Å²) in [4.78, 5) is 12.8. The maximum Gasteiger partial charge on any atom is 0.293 e. The van der Waals surface area contributed by atoms with Crippen LogP contribution in [0.3, 0.4) is 0 Å². The number of nitro groups is 1. The highest BCUT2D eigenvalue weighted by atomic mass is 32.2. The summed E-state index contributed by atoms with van der Waals surface area (Å²) in [7, 11) is -0.856. The molecule has 0 saturated carbocycles. The van der Waals surface area contributed by atoms with Gasteiger partial charge in [0.15, 0.2) is 0 Å². The lowest BCUT2D eigenvalue weighted by atomic mass is 9.94. The maximum absolute atomic E-state index is 12.8. The van der Waals surface area contributed by atoms with Crippen molar-refractivity contribution < 1.29 is 27.9 Å². The Kier molecular flexibility index (Phi) is 6.91. The first-order valence-electron chi connectivity index (χ1n) is 10.1. The van der Waals surface area contributed by atoms with E-state index in [4.69, 9.17) is 9.47 Å². The molecule has 0 saturated heterocycles. The van der Waals surface area contributed by atoms with Crippen LogP contribution in [-0.4, -0.2) is 56.6 Å². The van der Waals surface area contributed by atoms with Crippen LogP contribution in [0.2, 0.25) is 0 Å². The van der Waals surface area contributed by atoms with Crippen molar-refractivity contribution in [2.75, 3.05) is 38.8 Å². The SMILES string of the molecule is CCN(CC)S(=O)(=O)c1ccc(N2Cc3c(OC)ccc(OC)c3C(O)C2)c([N+](=O)[O-])c1. The van der Waals surface area contributed by atoms with Gasteiger partial charge in [0.05, 0.1) is 24.0 Å². The van der Waals surface area contributed by atoms with E-state index in [1.165, 1.54) is 30.7 Å². The summed E-state index contributed by atoms with van der Waals surface area (Å²) in [6.07, 6.45) is -0.984. The summed E-state index contributed by atoms with van der Waals surface area (Å²) >= 11 is 0. The maximum atomic E-state index is 12.8. The normalized spacial score (nSPS) is 16.1. The molecule has 2 aromatic rings. The molecule has 32 heavy (non-hydrogen) atoms. The average molecular weight is 466 g/mol. The summed E-state index contributed by atoms with van der Waals surface area (Å²) in [5, 5.41) is 22.7. The number of rotatable bonds is 8. The van der Waals surface area contributed by atoms with Crippen molar-refractivity contribution >= 4 is 21.4 Å². The number of hydrogen-bond acceptors (Lipinski definition) is 8. The Morgan fingerprint density at radius 2 is 1.78 bits per heavy atom. The number of methoxy groups -OCH3 is 2. The van der Waals surface area contributed by atoms with E-state index in [1.54, 1.807) is 30.9 Å². The molecule has 1 aliphatic heterocycles. The third-order valence-electron chi connectivity index (χ3n) is 5.62. The standard InChI is InChI=1S/C21H27N3O7S/c1-5-23(6-2)32(28,29)14-7-8-16(17(11-14)24(26)27)22-12-15-19(30-3)9-10-20(31-4)21(15)18(25)13-22/h7-11,18,25H,5-6,12-13H2,1-4H3. The van der Waals surface area contributed by atoms with Gasteiger partial charge in [-0.1, -0.05) is 13.8 Å². The fourth-order valence-electron chi connectivity index (χ4n) is 4.05. The van der Waals surface area contributed by atoms with Gasteiger partial charge in [0.25, 0.3) is 5.69 Å². The number of ether oxygens (including phenoxy) is 2. The third kappa shape index (κ3) is 4.10. The minimum atomic E-state index is -3.86. The highest BCUT2D eigenvalue weighted by Gasteiger charge is 2.33. The number of fused-ring (bicyclic) bond motifs is 1. The van der Waals surface area contributed by atoms with Crippen molar-refractivity contribution in [1.29, 1.82) is 0 Å². The molecular weight excluding hydrogens is 438 g/mol. The van der Waals surface area contributed by atoms with E-state index in [9.17, 15) is 23.6 Å². The molecule has 0 spiro atoms. The van der Waals surface area contributed by atoms with Gasteiger partial charge in [0.1, 0.15) is 23.3 Å². The molecule has 0 bridgehead atoms. The van der Waals surface area contributed by atoms with E-state index in [-0.39, 0.29) is 42.4 Å². The van der Waals surface area contributed by atoms with Crippen LogP contribution in [0.5, 0.6) is 11.5 Å². The zero-order chi connectivity index (χ0) is 23.6. The fraction of sp³-hybridized carbons (Fsp3) is 0.429. The van der Waals surface area contributed by atoms with E-state index in [0.717, 1.165) is 6.07 Å². The number of nitrogens with zero attached hydrogens (tertiary/aromatic N) is 3. The number of anilines is 1. The highest BCUT2D eigenvalue weighted by molar-refractivity contribution is 7.89. The molecule has 10 nitrogen and oxygen atoms in total. The van der Waals surface area contributed by atoms with Gasteiger partial charge < -0.3 is 19.5 Å². The molecule has 0 aliphatic carbocycles. The van der Waals surface area contributed by atoms with Gasteiger partial charge in [-0.3, -0.25) is 10.1 Å². The fourth-order valence-corrected chi connectivity index (χ4v) is 5.53. The molecule has 0 fully saturated rings. The van der Waals surface area contributed by atoms with Gasteiger partial charge in [-0.15, -0.1) is 0 Å². The molecule has 1 unspecified atom stereocenters. The molecule has 2 aromatic carbocycles. The second-order valence-electron chi connectivity index (χ2n) is 7.26. The molecular formula is C21H27N3O7S. The van der Waals surface area contributed by atoms with Gasteiger partial charge in [-0.2, -0.15) is 4.31 Å². The predicted octanol–water partition coefficient (Wildman–Crippen LogP) is 2.70. The Bertz CT molecular complexity index is 1120. The summed E-state index contributed by atoms with van der Waals surface area (Å²) in [6, 6.07) is 7.27. The largest absolute Gasteiger partial charge is 0.496 e. The molecule has 1 N–H and O–H groups in total. The number of nitro benzene ring substituents is 1. The van der Waals surface area contributed by atoms with E-state index in [0.29, 0.717) is 22.6 Å². The first-order valence-corrected chi connectivity index (χ1v) is 11.6. The number of sulfonamides is 1. The summed E-state index contributed by atoms with van der Waals surface area (Å²) < 4.78 is 37.7. The van der Waals surface area contributed by atoms with Gasteiger partial charge in [0.2, 0.25) is 10.0 Å². The molecule has 3 rings (SSSR count). The molecule has 1 heterocycles. The van der Waals surface area contributed by atoms with Crippen LogP contribution < -0.4 is 14.4 Å². The lowest BCUT2D eigenvalue weighted by Gasteiger charge is -2.35. The van der Waals surface area contributed by atoms with Crippen LogP contribution in [-0.2, 0) is 16.6 Å². The second kappa shape index (κ2) is 9.31. The lowest BCUT2D eigenvalue weighted by Crippen LogP contribution is -2.35. The first-order chi connectivity index (χ1) is 15.2. The number of aliphatic hydroxyl groups is 1. The topological polar surface area (TPSA) is 122 Å². The zero-order valence-electron chi connectivity index (χ0n) is 18.4. The Morgan fingerprint density at radius 3 is 2.34 bits per heavy atom. The quantitative estimate of drug-likeness (QED) is 0.466. The summed E-state index contributed by atoms with van der Waals surface area (Å²) in [5.41, 5.74) is 1.09. The summed E-state index contributed by atoms with van der Waals surface area (Å²) in [5.74, 6) is 1.02. The minimum absolute atomic E-state index is 0.0690. The monoisotopic (exact) mass is 465 g/mol. The van der Waals surface area contributed by atoms with Crippen molar-refractivity contribution in [2.24, 2.45) is 0 Å². The Hall–Kier alpha value is -2.89. The summed E-state index contributed by atoms with van der Waals surface area (Å²) in [6.45, 7) is 4.21. The van der Waals surface area contributed by atoms with Crippen LogP contribution in [0.15, 0.2) is 35.2 Å². The van der Waals surface area contributed by atoms with Gasteiger partial charge in [0, 0.05) is 43.4 Å². The van der Waals surface area contributed by atoms with Crippen LogP contribution in [0, 0.1) is 10.1 Å². The molecule has 1 atom stereocenters. The van der Waals surface area contributed by atoms with Crippen molar-refractivity contribution in [2.45, 2.75) is 31.4 Å². The van der Waals surface area contributed by atoms with Crippen LogP contribution in [0.4, 0.5) is 11.4 Å². The van der Waals surface area contributed by atoms with E-state index < -0.39 is 21.1 Å². The number of benzene rings is 2. The predicted molar refractivity (Wildman–Crippen MR) is 119 cm³/mol. The van der Waals surface area contributed by atoms with E-state index in [2.05, 4.69) is 0 Å². The van der Waals surface area contributed by atoms with Crippen molar-refractivity contribution in [1.82, 2.24) is 4.31 Å². The number of aliphatic hydroxyl groups excluding tert-OH is 1. The number of β-amino-alcohol motifs (C(OH)–C–C–N with tert-alkyl or cyclic N) is 1. The van der Waals surface area contributed by atoms with Gasteiger partial charge in [-0.05, 0) is 24.3 Å². The Balaban J connectivity index is 2.09. The van der Waals surface area contributed by atoms with Crippen molar-refractivity contribution in [3.63, 3.8) is 0 Å². The second-order valence-corrected chi connectivity index (χ2v) is 9.19. The molecule has 0 amide bonds. The lowest BCUT2D eigenvalue weighted by molar-refractivity contribution is -0.384. The average Bonchev–Trinajstić information content (AvgIpc) is 2.78. The zero-order valence-corrected chi connectivity index (χ0v) is 19.3. The van der Waals surface area contributed by atoms with Crippen LogP contribution in [0.25, 0.3) is 0 Å². The van der Waals surface area contributed by atoms with Crippen LogP contribution >= 0.6 is 0 Å². The van der Waals surface area contributed by atoms with E-state index >= 15 is 0 Å². The molecule has 11 heteroatoms. The Labute approximate surface area is 187 Å². The smallest absolute Gasteiger partial charge is 0.293 e. The van der Waals surface area contributed by atoms with Crippen molar-refractivity contribution in [3.8, 4) is 11.5 Å². The first kappa shape index (κ1) is 23.8. The third-order valence-corrected chi connectivity index (χ3v) is 7.66. The van der Waals surface area contributed by atoms with Gasteiger partial charge in [-0.25, -0.2) is 8.42 Å². The number of hydrogen-bond donors (Lipinski definition) is 1.